The molecule has 1 rings (SSSR count). The number of rotatable bonds is 14. The summed E-state index contributed by atoms with van der Waals surface area (Å²) in [6.45, 7) is 5.71. The number of hydrogen-bond donors (Lipinski definition) is 0. The molecule has 2 heteroatoms. The molecule has 0 saturated heterocycles. The average molecular weight is 349 g/mol. The molecule has 25 heavy (non-hydrogen) atoms. The van der Waals surface area contributed by atoms with Crippen molar-refractivity contribution in [3.63, 3.8) is 0 Å². The molecule has 0 radical (unpaired) electrons. The van der Waals surface area contributed by atoms with Crippen molar-refractivity contribution in [1.82, 2.24) is 0 Å². The van der Waals surface area contributed by atoms with E-state index in [0.717, 1.165) is 25.7 Å². The fourth-order valence-corrected chi connectivity index (χ4v) is 4.02. The third-order valence-electron chi connectivity index (χ3n) is 5.60. The Morgan fingerprint density at radius 2 is 1.64 bits per heavy atom. The zero-order valence-corrected chi connectivity index (χ0v) is 16.9. The van der Waals surface area contributed by atoms with Crippen molar-refractivity contribution in [2.45, 2.75) is 111 Å². The molecule has 0 aromatic rings. The molecule has 0 fully saturated rings. The number of carbonyl (C=O) groups excluding carboxylic acids is 2. The Morgan fingerprint density at radius 1 is 0.960 bits per heavy atom. The highest BCUT2D eigenvalue weighted by atomic mass is 16.1. The molecule has 1 aliphatic carbocycles. The largest absolute Gasteiger partial charge is 0.300 e. The standard InChI is InChI=1S/C23H40O2/c1-4-5-6-11-14-21-16-22(18-23(17-21)20(3)25)15-12-9-7-8-10-13-19(2)24/h16,21,23H,4-15,17-18H2,1-3H3. The fraction of sp³-hybridized carbons (Fsp3) is 0.826. The lowest BCUT2D eigenvalue weighted by Crippen LogP contribution is -2.20. The van der Waals surface area contributed by atoms with Gasteiger partial charge in [0, 0.05) is 12.3 Å². The van der Waals surface area contributed by atoms with Gasteiger partial charge in [0.1, 0.15) is 11.6 Å². The minimum absolute atomic E-state index is 0.270. The lowest BCUT2D eigenvalue weighted by Gasteiger charge is -2.27. The minimum Gasteiger partial charge on any atom is -0.300 e. The average Bonchev–Trinajstić information content (AvgIpc) is 2.57. The van der Waals surface area contributed by atoms with Crippen LogP contribution < -0.4 is 0 Å². The molecule has 0 N–H and O–H groups in total. The van der Waals surface area contributed by atoms with E-state index in [-0.39, 0.29) is 5.92 Å². The summed E-state index contributed by atoms with van der Waals surface area (Å²) >= 11 is 0. The van der Waals surface area contributed by atoms with Gasteiger partial charge >= 0.3 is 0 Å². The lowest BCUT2D eigenvalue weighted by molar-refractivity contribution is -0.121. The maximum atomic E-state index is 11.9. The Balaban J connectivity index is 2.31. The highest BCUT2D eigenvalue weighted by Gasteiger charge is 2.24. The third kappa shape index (κ3) is 10.6. The molecule has 0 heterocycles. The van der Waals surface area contributed by atoms with E-state index >= 15 is 0 Å². The van der Waals surface area contributed by atoms with E-state index in [1.807, 2.05) is 0 Å². The molecule has 2 unspecified atom stereocenters. The molecule has 0 bridgehead atoms. The molecule has 0 aromatic carbocycles. The summed E-state index contributed by atoms with van der Waals surface area (Å²) in [6, 6.07) is 0. The maximum absolute atomic E-state index is 11.9. The molecule has 2 nitrogen and oxygen atoms in total. The molecular formula is C23H40O2. The summed E-state index contributed by atoms with van der Waals surface area (Å²) in [7, 11) is 0. The Bertz CT molecular complexity index is 422. The van der Waals surface area contributed by atoms with Gasteiger partial charge < -0.3 is 4.79 Å². The highest BCUT2D eigenvalue weighted by Crippen LogP contribution is 2.34. The van der Waals surface area contributed by atoms with Gasteiger partial charge in [-0.3, -0.25) is 4.79 Å². The summed E-state index contributed by atoms with van der Waals surface area (Å²) in [4.78, 5) is 22.8. The van der Waals surface area contributed by atoms with Crippen LogP contribution in [0, 0.1) is 11.8 Å². The molecule has 2 atom stereocenters. The Hall–Kier alpha value is -0.920. The van der Waals surface area contributed by atoms with Crippen LogP contribution in [0.1, 0.15) is 111 Å². The van der Waals surface area contributed by atoms with Gasteiger partial charge in [-0.2, -0.15) is 0 Å². The zero-order valence-electron chi connectivity index (χ0n) is 16.9. The van der Waals surface area contributed by atoms with Gasteiger partial charge in [-0.25, -0.2) is 0 Å². The van der Waals surface area contributed by atoms with E-state index in [0.29, 0.717) is 17.5 Å². The zero-order chi connectivity index (χ0) is 18.5. The predicted octanol–water partition coefficient (Wildman–Crippen LogP) is 6.82. The number of allylic oxidation sites excluding steroid dienone is 2. The van der Waals surface area contributed by atoms with E-state index in [4.69, 9.17) is 0 Å². The summed E-state index contributed by atoms with van der Waals surface area (Å²) in [5.41, 5.74) is 1.54. The number of Topliss-reactive ketones (excluding diaryl/α,β-unsaturated/α-hetero) is 2. The third-order valence-corrected chi connectivity index (χ3v) is 5.60. The van der Waals surface area contributed by atoms with Crippen LogP contribution in [0.2, 0.25) is 0 Å². The van der Waals surface area contributed by atoms with Crippen LogP contribution in [0.25, 0.3) is 0 Å². The van der Waals surface area contributed by atoms with Gasteiger partial charge in [-0.1, -0.05) is 63.5 Å². The van der Waals surface area contributed by atoms with Crippen molar-refractivity contribution in [1.29, 1.82) is 0 Å². The minimum atomic E-state index is 0.270. The van der Waals surface area contributed by atoms with Crippen LogP contribution in [0.3, 0.4) is 0 Å². The maximum Gasteiger partial charge on any atom is 0.133 e. The molecule has 0 aliphatic heterocycles. The van der Waals surface area contributed by atoms with Crippen LogP contribution >= 0.6 is 0 Å². The Kier molecular flexibility index (Phi) is 11.8. The monoisotopic (exact) mass is 348 g/mol. The highest BCUT2D eigenvalue weighted by molar-refractivity contribution is 5.78. The normalized spacial score (nSPS) is 20.4. The first kappa shape index (κ1) is 22.1. The topological polar surface area (TPSA) is 34.1 Å². The van der Waals surface area contributed by atoms with Crippen LogP contribution in [-0.4, -0.2) is 11.6 Å². The predicted molar refractivity (Wildman–Crippen MR) is 107 cm³/mol. The van der Waals surface area contributed by atoms with Crippen LogP contribution in [-0.2, 0) is 9.59 Å². The molecule has 144 valence electrons. The first-order valence-electron chi connectivity index (χ1n) is 10.7. The van der Waals surface area contributed by atoms with E-state index in [2.05, 4.69) is 13.0 Å². The first-order valence-corrected chi connectivity index (χ1v) is 10.7. The first-order chi connectivity index (χ1) is 12.0. The molecule has 0 aromatic heterocycles. The summed E-state index contributed by atoms with van der Waals surface area (Å²) in [5, 5.41) is 0. The quantitative estimate of drug-likeness (QED) is 0.255. The van der Waals surface area contributed by atoms with Gasteiger partial charge in [0.25, 0.3) is 0 Å². The van der Waals surface area contributed by atoms with Crippen molar-refractivity contribution < 1.29 is 9.59 Å². The second-order valence-corrected chi connectivity index (χ2v) is 8.15. The number of unbranched alkanes of at least 4 members (excludes halogenated alkanes) is 7. The summed E-state index contributed by atoms with van der Waals surface area (Å²) < 4.78 is 0. The number of ketones is 2. The number of carbonyl (C=O) groups is 2. The van der Waals surface area contributed by atoms with Gasteiger partial charge in [0.05, 0.1) is 0 Å². The summed E-state index contributed by atoms with van der Waals surface area (Å²) in [5.74, 6) is 1.60. The van der Waals surface area contributed by atoms with Crippen molar-refractivity contribution in [2.24, 2.45) is 11.8 Å². The molecule has 0 saturated carbocycles. The van der Waals surface area contributed by atoms with E-state index in [1.165, 1.54) is 69.8 Å². The second kappa shape index (κ2) is 13.3. The van der Waals surface area contributed by atoms with Crippen LogP contribution in [0.5, 0.6) is 0 Å². The van der Waals surface area contributed by atoms with Crippen molar-refractivity contribution in [3.8, 4) is 0 Å². The van der Waals surface area contributed by atoms with Crippen LogP contribution in [0.4, 0.5) is 0 Å². The van der Waals surface area contributed by atoms with Crippen LogP contribution in [0.15, 0.2) is 11.6 Å². The molecule has 0 amide bonds. The SMILES string of the molecule is CCCCCCC1C=C(CCCCCCCC(C)=O)CC(C(C)=O)C1. The fourth-order valence-electron chi connectivity index (χ4n) is 4.02. The van der Waals surface area contributed by atoms with Gasteiger partial charge in [-0.05, 0) is 58.3 Å². The smallest absolute Gasteiger partial charge is 0.133 e. The van der Waals surface area contributed by atoms with Gasteiger partial charge in [-0.15, -0.1) is 0 Å². The van der Waals surface area contributed by atoms with Gasteiger partial charge in [0.2, 0.25) is 0 Å². The van der Waals surface area contributed by atoms with Crippen molar-refractivity contribution >= 4 is 11.6 Å². The van der Waals surface area contributed by atoms with E-state index < -0.39 is 0 Å². The molecule has 1 aliphatic rings. The molecular weight excluding hydrogens is 308 g/mol. The Morgan fingerprint density at radius 3 is 2.32 bits per heavy atom. The van der Waals surface area contributed by atoms with E-state index in [1.54, 1.807) is 13.8 Å². The second-order valence-electron chi connectivity index (χ2n) is 8.15. The summed E-state index contributed by atoms with van der Waals surface area (Å²) in [6.07, 6.45) is 19.0. The lowest BCUT2D eigenvalue weighted by atomic mass is 9.77. The Labute approximate surface area is 155 Å². The van der Waals surface area contributed by atoms with E-state index in [9.17, 15) is 9.59 Å². The van der Waals surface area contributed by atoms with Crippen molar-refractivity contribution in [2.75, 3.05) is 0 Å². The van der Waals surface area contributed by atoms with Gasteiger partial charge in [0.15, 0.2) is 0 Å². The number of hydrogen-bond acceptors (Lipinski definition) is 2. The van der Waals surface area contributed by atoms with Crippen molar-refractivity contribution in [3.05, 3.63) is 11.6 Å². The molecule has 0 spiro atoms.